The van der Waals surface area contributed by atoms with Crippen molar-refractivity contribution < 1.29 is 19.1 Å². The van der Waals surface area contributed by atoms with E-state index in [0.717, 1.165) is 32.2 Å². The van der Waals surface area contributed by atoms with Gasteiger partial charge in [0.15, 0.2) is 0 Å². The number of rotatable bonds is 7. The maximum atomic E-state index is 12.5. The second-order valence-electron chi connectivity index (χ2n) is 7.17. The van der Waals surface area contributed by atoms with Gasteiger partial charge in [-0.2, -0.15) is 0 Å². The van der Waals surface area contributed by atoms with Crippen molar-refractivity contribution >= 4 is 23.5 Å². The van der Waals surface area contributed by atoms with Crippen LogP contribution in [0.4, 0.5) is 5.69 Å². The fourth-order valence-electron chi connectivity index (χ4n) is 3.33. The Bertz CT molecular complexity index is 702. The first-order valence-electron chi connectivity index (χ1n) is 9.65. The number of para-hydroxylation sites is 1. The first-order chi connectivity index (χ1) is 13.1. The summed E-state index contributed by atoms with van der Waals surface area (Å²) in [5.74, 6) is -0.715. The molecule has 7 heteroatoms. The monoisotopic (exact) mass is 373 g/mol. The molecule has 2 N–H and O–H groups in total. The number of benzene rings is 1. The van der Waals surface area contributed by atoms with Crippen molar-refractivity contribution in [2.24, 2.45) is 5.92 Å². The van der Waals surface area contributed by atoms with Crippen LogP contribution in [0.5, 0.6) is 0 Å². The largest absolute Gasteiger partial charge is 0.466 e. The SMILES string of the molecule is CCOC(=O)C1CCCN(CC(=O)Nc2ccccc2C(=O)NC2CC2)C1. The molecule has 2 aliphatic rings. The summed E-state index contributed by atoms with van der Waals surface area (Å²) in [5, 5.41) is 5.79. The Morgan fingerprint density at radius 2 is 1.96 bits per heavy atom. The molecule has 146 valence electrons. The lowest BCUT2D eigenvalue weighted by molar-refractivity contribution is -0.150. The molecule has 2 amide bonds. The van der Waals surface area contributed by atoms with Crippen LogP contribution in [-0.4, -0.2) is 55.0 Å². The van der Waals surface area contributed by atoms with Gasteiger partial charge in [0.2, 0.25) is 5.91 Å². The number of hydrogen-bond donors (Lipinski definition) is 2. The number of esters is 1. The van der Waals surface area contributed by atoms with E-state index in [4.69, 9.17) is 4.74 Å². The summed E-state index contributed by atoms with van der Waals surface area (Å²) in [4.78, 5) is 38.7. The molecule has 1 aromatic carbocycles. The van der Waals surface area contributed by atoms with E-state index in [0.29, 0.717) is 24.4 Å². The van der Waals surface area contributed by atoms with E-state index < -0.39 is 0 Å². The highest BCUT2D eigenvalue weighted by Gasteiger charge is 2.28. The van der Waals surface area contributed by atoms with Crippen molar-refractivity contribution in [2.45, 2.75) is 38.6 Å². The quantitative estimate of drug-likeness (QED) is 0.712. The Balaban J connectivity index is 1.56. The maximum Gasteiger partial charge on any atom is 0.310 e. The number of nitrogens with one attached hydrogen (secondary N) is 2. The molecule has 0 radical (unpaired) electrons. The fourth-order valence-corrected chi connectivity index (χ4v) is 3.33. The molecule has 7 nitrogen and oxygen atoms in total. The molecule has 0 bridgehead atoms. The molecule has 0 spiro atoms. The van der Waals surface area contributed by atoms with Gasteiger partial charge in [0.1, 0.15) is 0 Å². The Morgan fingerprint density at radius 3 is 2.70 bits per heavy atom. The van der Waals surface area contributed by atoms with Crippen LogP contribution in [0.2, 0.25) is 0 Å². The Labute approximate surface area is 159 Å². The van der Waals surface area contributed by atoms with Crippen LogP contribution in [0, 0.1) is 5.92 Å². The zero-order valence-corrected chi connectivity index (χ0v) is 15.7. The second-order valence-corrected chi connectivity index (χ2v) is 7.17. The van der Waals surface area contributed by atoms with Crippen LogP contribution in [0.1, 0.15) is 43.0 Å². The third-order valence-electron chi connectivity index (χ3n) is 4.85. The lowest BCUT2D eigenvalue weighted by Gasteiger charge is -2.30. The number of carbonyl (C=O) groups is 3. The number of anilines is 1. The van der Waals surface area contributed by atoms with E-state index in [9.17, 15) is 14.4 Å². The van der Waals surface area contributed by atoms with Crippen molar-refractivity contribution in [2.75, 3.05) is 31.6 Å². The number of likely N-dealkylation sites (tertiary alicyclic amines) is 1. The number of nitrogens with zero attached hydrogens (tertiary/aromatic N) is 1. The summed E-state index contributed by atoms with van der Waals surface area (Å²) < 4.78 is 5.10. The average molecular weight is 373 g/mol. The summed E-state index contributed by atoms with van der Waals surface area (Å²) in [7, 11) is 0. The molecule has 1 saturated heterocycles. The highest BCUT2D eigenvalue weighted by atomic mass is 16.5. The van der Waals surface area contributed by atoms with E-state index in [1.54, 1.807) is 31.2 Å². The first-order valence-corrected chi connectivity index (χ1v) is 9.65. The molecule has 2 fully saturated rings. The summed E-state index contributed by atoms with van der Waals surface area (Å²) in [6.45, 7) is 3.65. The minimum Gasteiger partial charge on any atom is -0.466 e. The van der Waals surface area contributed by atoms with Crippen molar-refractivity contribution in [3.05, 3.63) is 29.8 Å². The molecule has 1 unspecified atom stereocenters. The normalized spacial score (nSPS) is 20.0. The van der Waals surface area contributed by atoms with Gasteiger partial charge in [-0.15, -0.1) is 0 Å². The average Bonchev–Trinajstić information content (AvgIpc) is 3.46. The Hall–Kier alpha value is -2.41. The molecular formula is C20H27N3O4. The second kappa shape index (κ2) is 8.99. The van der Waals surface area contributed by atoms with E-state index in [1.165, 1.54) is 0 Å². The number of carbonyl (C=O) groups excluding carboxylic acids is 3. The van der Waals surface area contributed by atoms with E-state index in [1.807, 2.05) is 4.90 Å². The number of piperidine rings is 1. The number of hydrogen-bond acceptors (Lipinski definition) is 5. The zero-order chi connectivity index (χ0) is 19.2. The van der Waals surface area contributed by atoms with Gasteiger partial charge < -0.3 is 15.4 Å². The van der Waals surface area contributed by atoms with Crippen LogP contribution >= 0.6 is 0 Å². The molecule has 0 aromatic heterocycles. The first kappa shape index (κ1) is 19.4. The van der Waals surface area contributed by atoms with Crippen LogP contribution in [0.15, 0.2) is 24.3 Å². The molecule has 1 heterocycles. The zero-order valence-electron chi connectivity index (χ0n) is 15.7. The standard InChI is InChI=1S/C20H27N3O4/c1-2-27-20(26)14-6-5-11-23(12-14)13-18(24)22-17-8-4-3-7-16(17)19(25)21-15-9-10-15/h3-4,7-8,14-15H,2,5-6,9-13H2,1H3,(H,21,25)(H,22,24). The van der Waals surface area contributed by atoms with Gasteiger partial charge >= 0.3 is 5.97 Å². The summed E-state index contributed by atoms with van der Waals surface area (Å²) in [6, 6.07) is 7.28. The van der Waals surface area contributed by atoms with Gasteiger partial charge in [-0.05, 0) is 51.3 Å². The van der Waals surface area contributed by atoms with Crippen molar-refractivity contribution in [1.29, 1.82) is 0 Å². The van der Waals surface area contributed by atoms with Crippen LogP contribution in [-0.2, 0) is 14.3 Å². The van der Waals surface area contributed by atoms with Crippen LogP contribution in [0.3, 0.4) is 0 Å². The smallest absolute Gasteiger partial charge is 0.310 e. The summed E-state index contributed by atoms with van der Waals surface area (Å²) >= 11 is 0. The topological polar surface area (TPSA) is 87.7 Å². The van der Waals surface area contributed by atoms with Gasteiger partial charge in [0.25, 0.3) is 5.91 Å². The lowest BCUT2D eigenvalue weighted by Crippen LogP contribution is -2.43. The van der Waals surface area contributed by atoms with E-state index in [2.05, 4.69) is 10.6 Å². The summed E-state index contributed by atoms with van der Waals surface area (Å²) in [6.07, 6.45) is 3.67. The predicted octanol–water partition coefficient (Wildman–Crippen LogP) is 1.79. The van der Waals surface area contributed by atoms with Gasteiger partial charge in [-0.1, -0.05) is 12.1 Å². The van der Waals surface area contributed by atoms with Crippen LogP contribution in [0.25, 0.3) is 0 Å². The van der Waals surface area contributed by atoms with Gasteiger partial charge in [-0.3, -0.25) is 19.3 Å². The number of amides is 2. The lowest BCUT2D eigenvalue weighted by atomic mass is 9.98. The molecule has 1 aliphatic carbocycles. The van der Waals surface area contributed by atoms with Crippen molar-refractivity contribution in [1.82, 2.24) is 10.2 Å². The third kappa shape index (κ3) is 5.53. The highest BCUT2D eigenvalue weighted by Crippen LogP contribution is 2.22. The molecule has 1 aromatic rings. The predicted molar refractivity (Wildman–Crippen MR) is 101 cm³/mol. The molecule has 1 aliphatic heterocycles. The van der Waals surface area contributed by atoms with Crippen LogP contribution < -0.4 is 10.6 Å². The van der Waals surface area contributed by atoms with Gasteiger partial charge in [-0.25, -0.2) is 0 Å². The fraction of sp³-hybridized carbons (Fsp3) is 0.550. The van der Waals surface area contributed by atoms with Gasteiger partial charge in [0.05, 0.1) is 30.3 Å². The van der Waals surface area contributed by atoms with Gasteiger partial charge in [0, 0.05) is 12.6 Å². The molecule has 1 saturated carbocycles. The highest BCUT2D eigenvalue weighted by molar-refractivity contribution is 6.04. The van der Waals surface area contributed by atoms with Crippen molar-refractivity contribution in [3.8, 4) is 0 Å². The number of ether oxygens (including phenoxy) is 1. The maximum absolute atomic E-state index is 12.5. The minimum absolute atomic E-state index is 0.159. The van der Waals surface area contributed by atoms with Crippen molar-refractivity contribution in [3.63, 3.8) is 0 Å². The Kier molecular flexibility index (Phi) is 6.45. The van der Waals surface area contributed by atoms with E-state index >= 15 is 0 Å². The molecular weight excluding hydrogens is 346 g/mol. The Morgan fingerprint density at radius 1 is 1.19 bits per heavy atom. The third-order valence-corrected chi connectivity index (χ3v) is 4.85. The molecule has 27 heavy (non-hydrogen) atoms. The van der Waals surface area contributed by atoms with E-state index in [-0.39, 0.29) is 36.3 Å². The molecule has 1 atom stereocenters. The summed E-state index contributed by atoms with van der Waals surface area (Å²) in [5.41, 5.74) is 0.986. The minimum atomic E-state index is -0.190. The molecule has 3 rings (SSSR count).